The van der Waals surface area contributed by atoms with E-state index in [1.807, 2.05) is 32.0 Å². The molecule has 0 saturated carbocycles. The minimum atomic E-state index is -0.114. The second-order valence-corrected chi connectivity index (χ2v) is 5.70. The second kappa shape index (κ2) is 4.61. The highest BCUT2D eigenvalue weighted by Gasteiger charge is 2.24. The average Bonchev–Trinajstić information content (AvgIpc) is 2.35. The van der Waals surface area contributed by atoms with Gasteiger partial charge in [-0.25, -0.2) is 0 Å². The Morgan fingerprint density at radius 3 is 1.95 bits per heavy atom. The lowest BCUT2D eigenvalue weighted by molar-refractivity contribution is 0.470. The molecule has 0 aromatic heterocycles. The smallest absolute Gasteiger partial charge is 0.118 e. The van der Waals surface area contributed by atoms with E-state index in [2.05, 4.69) is 26.0 Å². The molecule has 0 aliphatic heterocycles. The molecule has 0 unspecified atom stereocenters. The number of nitrogen functional groups attached to an aromatic ring is 1. The quantitative estimate of drug-likeness (QED) is 0.799. The van der Waals surface area contributed by atoms with E-state index < -0.39 is 0 Å². The molecule has 0 radical (unpaired) electrons. The van der Waals surface area contributed by atoms with Gasteiger partial charge in [-0.3, -0.25) is 0 Å². The number of aryl methyl sites for hydroxylation is 2. The van der Waals surface area contributed by atoms with E-state index in [1.165, 1.54) is 11.1 Å². The molecule has 19 heavy (non-hydrogen) atoms. The van der Waals surface area contributed by atoms with Crippen molar-refractivity contribution < 1.29 is 5.11 Å². The standard InChI is InChI=1S/C17H21NO/c1-11-9-13(5-7-15(11)18)17(3,4)14-6-8-16(19)12(2)10-14/h5-10,19H,18H2,1-4H3. The Labute approximate surface area is 114 Å². The molecular formula is C17H21NO. The maximum Gasteiger partial charge on any atom is 0.118 e. The molecule has 2 rings (SSSR count). The summed E-state index contributed by atoms with van der Waals surface area (Å²) >= 11 is 0. The average molecular weight is 255 g/mol. The number of anilines is 1. The van der Waals surface area contributed by atoms with Crippen LogP contribution in [0.15, 0.2) is 36.4 Å². The van der Waals surface area contributed by atoms with Crippen LogP contribution >= 0.6 is 0 Å². The normalized spacial score (nSPS) is 11.6. The molecule has 0 bridgehead atoms. The van der Waals surface area contributed by atoms with Gasteiger partial charge in [-0.2, -0.15) is 0 Å². The van der Waals surface area contributed by atoms with E-state index in [4.69, 9.17) is 5.73 Å². The van der Waals surface area contributed by atoms with Gasteiger partial charge >= 0.3 is 0 Å². The molecule has 2 aromatic carbocycles. The molecule has 3 N–H and O–H groups in total. The molecule has 0 atom stereocenters. The molecule has 2 nitrogen and oxygen atoms in total. The fourth-order valence-corrected chi connectivity index (χ4v) is 2.28. The lowest BCUT2D eigenvalue weighted by Gasteiger charge is -2.27. The monoisotopic (exact) mass is 255 g/mol. The van der Waals surface area contributed by atoms with Gasteiger partial charge in [0.25, 0.3) is 0 Å². The highest BCUT2D eigenvalue weighted by molar-refractivity contribution is 5.51. The van der Waals surface area contributed by atoms with Crippen molar-refractivity contribution >= 4 is 5.69 Å². The van der Waals surface area contributed by atoms with Gasteiger partial charge in [0.2, 0.25) is 0 Å². The van der Waals surface area contributed by atoms with Gasteiger partial charge in [-0.15, -0.1) is 0 Å². The Morgan fingerprint density at radius 2 is 1.42 bits per heavy atom. The van der Waals surface area contributed by atoms with Crippen molar-refractivity contribution in [2.45, 2.75) is 33.1 Å². The zero-order chi connectivity index (χ0) is 14.2. The van der Waals surface area contributed by atoms with Crippen LogP contribution in [0.1, 0.15) is 36.1 Å². The number of phenols is 1. The summed E-state index contributed by atoms with van der Waals surface area (Å²) in [5, 5.41) is 9.64. The number of aromatic hydroxyl groups is 1. The first-order chi connectivity index (χ1) is 8.82. The maximum atomic E-state index is 9.64. The summed E-state index contributed by atoms with van der Waals surface area (Å²) in [6, 6.07) is 12.0. The highest BCUT2D eigenvalue weighted by Crippen LogP contribution is 2.34. The Balaban J connectivity index is 2.51. The van der Waals surface area contributed by atoms with Gasteiger partial charge in [0.1, 0.15) is 5.75 Å². The maximum absolute atomic E-state index is 9.64. The summed E-state index contributed by atoms with van der Waals surface area (Å²) in [5.74, 6) is 0.341. The van der Waals surface area contributed by atoms with Crippen LogP contribution in [0.25, 0.3) is 0 Å². The minimum absolute atomic E-state index is 0.114. The molecule has 0 heterocycles. The molecule has 2 aromatic rings. The largest absolute Gasteiger partial charge is 0.508 e. The summed E-state index contributed by atoms with van der Waals surface area (Å²) in [7, 11) is 0. The Bertz CT molecular complexity index is 561. The molecule has 0 saturated heterocycles. The predicted octanol–water partition coefficient (Wildman–Crippen LogP) is 3.92. The molecule has 0 aliphatic carbocycles. The third-order valence-corrected chi connectivity index (χ3v) is 3.91. The molecular weight excluding hydrogens is 234 g/mol. The van der Waals surface area contributed by atoms with E-state index in [-0.39, 0.29) is 5.41 Å². The highest BCUT2D eigenvalue weighted by atomic mass is 16.3. The van der Waals surface area contributed by atoms with E-state index in [0.29, 0.717) is 5.75 Å². The Kier molecular flexibility index (Phi) is 3.27. The van der Waals surface area contributed by atoms with Gasteiger partial charge in [0, 0.05) is 11.1 Å². The van der Waals surface area contributed by atoms with Gasteiger partial charge in [0.05, 0.1) is 0 Å². The first-order valence-electron chi connectivity index (χ1n) is 6.49. The van der Waals surface area contributed by atoms with Crippen molar-refractivity contribution in [2.75, 3.05) is 5.73 Å². The SMILES string of the molecule is Cc1cc(C(C)(C)c2ccc(O)c(C)c2)ccc1N. The van der Waals surface area contributed by atoms with Crippen LogP contribution in [0.3, 0.4) is 0 Å². The molecule has 2 heteroatoms. The topological polar surface area (TPSA) is 46.2 Å². The van der Waals surface area contributed by atoms with Gasteiger partial charge in [-0.1, -0.05) is 38.1 Å². The van der Waals surface area contributed by atoms with Crippen molar-refractivity contribution in [3.63, 3.8) is 0 Å². The van der Waals surface area contributed by atoms with Crippen LogP contribution in [0.4, 0.5) is 5.69 Å². The van der Waals surface area contributed by atoms with E-state index in [1.54, 1.807) is 6.07 Å². The Morgan fingerprint density at radius 1 is 0.895 bits per heavy atom. The van der Waals surface area contributed by atoms with Gasteiger partial charge < -0.3 is 10.8 Å². The summed E-state index contributed by atoms with van der Waals surface area (Å²) in [5.41, 5.74) is 11.0. The third kappa shape index (κ3) is 2.43. The van der Waals surface area contributed by atoms with Crippen LogP contribution in [0.5, 0.6) is 5.75 Å². The zero-order valence-electron chi connectivity index (χ0n) is 12.0. The summed E-state index contributed by atoms with van der Waals surface area (Å²) in [6.07, 6.45) is 0. The van der Waals surface area contributed by atoms with Crippen molar-refractivity contribution in [3.05, 3.63) is 58.7 Å². The van der Waals surface area contributed by atoms with E-state index >= 15 is 0 Å². The number of phenolic OH excluding ortho intramolecular Hbond substituents is 1. The lowest BCUT2D eigenvalue weighted by atomic mass is 9.77. The second-order valence-electron chi connectivity index (χ2n) is 5.70. The minimum Gasteiger partial charge on any atom is -0.508 e. The van der Waals surface area contributed by atoms with E-state index in [9.17, 15) is 5.11 Å². The zero-order valence-corrected chi connectivity index (χ0v) is 12.0. The summed E-state index contributed by atoms with van der Waals surface area (Å²) in [4.78, 5) is 0. The number of benzene rings is 2. The summed E-state index contributed by atoms with van der Waals surface area (Å²) < 4.78 is 0. The van der Waals surface area contributed by atoms with Crippen molar-refractivity contribution in [1.82, 2.24) is 0 Å². The number of rotatable bonds is 2. The number of hydrogen-bond donors (Lipinski definition) is 2. The van der Waals surface area contributed by atoms with Crippen molar-refractivity contribution in [3.8, 4) is 5.75 Å². The van der Waals surface area contributed by atoms with Crippen LogP contribution in [-0.4, -0.2) is 5.11 Å². The van der Waals surface area contributed by atoms with Crippen LogP contribution in [0, 0.1) is 13.8 Å². The summed E-state index contributed by atoms with van der Waals surface area (Å²) in [6.45, 7) is 8.31. The first-order valence-corrected chi connectivity index (χ1v) is 6.49. The Hall–Kier alpha value is -1.96. The molecule has 0 aliphatic rings. The third-order valence-electron chi connectivity index (χ3n) is 3.91. The van der Waals surface area contributed by atoms with Crippen molar-refractivity contribution in [1.29, 1.82) is 0 Å². The van der Waals surface area contributed by atoms with Gasteiger partial charge in [0.15, 0.2) is 0 Å². The molecule has 0 spiro atoms. The fraction of sp³-hybridized carbons (Fsp3) is 0.294. The van der Waals surface area contributed by atoms with Gasteiger partial charge in [-0.05, 0) is 48.2 Å². The van der Waals surface area contributed by atoms with E-state index in [0.717, 1.165) is 16.8 Å². The van der Waals surface area contributed by atoms with Crippen molar-refractivity contribution in [2.24, 2.45) is 0 Å². The lowest BCUT2D eigenvalue weighted by Crippen LogP contribution is -2.19. The molecule has 0 amide bonds. The van der Waals surface area contributed by atoms with Crippen LogP contribution < -0.4 is 5.73 Å². The van der Waals surface area contributed by atoms with Crippen LogP contribution in [0.2, 0.25) is 0 Å². The first kappa shape index (κ1) is 13.5. The fourth-order valence-electron chi connectivity index (χ4n) is 2.28. The predicted molar refractivity (Wildman–Crippen MR) is 80.6 cm³/mol. The molecule has 0 fully saturated rings. The van der Waals surface area contributed by atoms with Crippen LogP contribution in [-0.2, 0) is 5.41 Å². The molecule has 100 valence electrons. The number of hydrogen-bond acceptors (Lipinski definition) is 2. The number of nitrogens with two attached hydrogens (primary N) is 1.